The maximum absolute atomic E-state index is 13.7. The molecule has 2 aliphatic heterocycles. The number of carbonyl (C=O) groups excluding carboxylic acids is 1. The molecule has 2 heterocycles. The first-order valence-corrected chi connectivity index (χ1v) is 7.82. The molecule has 4 rings (SSSR count). The predicted molar refractivity (Wildman–Crippen MR) is 84.6 cm³/mol. The van der Waals surface area contributed by atoms with Crippen molar-refractivity contribution in [3.8, 4) is 5.75 Å². The Bertz CT molecular complexity index is 769. The van der Waals surface area contributed by atoms with Gasteiger partial charge in [-0.1, -0.05) is 24.3 Å². The van der Waals surface area contributed by atoms with Crippen LogP contribution in [0.15, 0.2) is 36.4 Å². The Morgan fingerprint density at radius 3 is 2.67 bits per heavy atom. The molecule has 0 saturated heterocycles. The van der Waals surface area contributed by atoms with E-state index in [0.717, 1.165) is 11.1 Å². The molecule has 0 saturated carbocycles. The second-order valence-electron chi connectivity index (χ2n) is 5.95. The Morgan fingerprint density at radius 1 is 1.17 bits per heavy atom. The highest BCUT2D eigenvalue weighted by Crippen LogP contribution is 2.29. The highest BCUT2D eigenvalue weighted by molar-refractivity contribution is 5.75. The van der Waals surface area contributed by atoms with Crippen molar-refractivity contribution in [2.75, 3.05) is 6.79 Å². The van der Waals surface area contributed by atoms with Crippen molar-refractivity contribution in [1.82, 2.24) is 10.2 Å². The minimum Gasteiger partial charge on any atom is -0.467 e. The molecule has 0 spiro atoms. The van der Waals surface area contributed by atoms with Crippen molar-refractivity contribution in [2.24, 2.45) is 0 Å². The minimum atomic E-state index is -0.360. The van der Waals surface area contributed by atoms with Gasteiger partial charge in [-0.15, -0.1) is 0 Å². The fraction of sp³-hybridized carbons (Fsp3) is 0.278. The molecule has 0 atom stereocenters. The average Bonchev–Trinajstić information content (AvgIpc) is 3.03. The van der Waals surface area contributed by atoms with E-state index in [2.05, 4.69) is 5.32 Å². The van der Waals surface area contributed by atoms with Crippen LogP contribution in [0.5, 0.6) is 5.75 Å². The van der Waals surface area contributed by atoms with E-state index >= 15 is 0 Å². The lowest BCUT2D eigenvalue weighted by Gasteiger charge is -2.22. The van der Waals surface area contributed by atoms with E-state index in [1.54, 1.807) is 4.90 Å². The van der Waals surface area contributed by atoms with Gasteiger partial charge >= 0.3 is 6.03 Å². The predicted octanol–water partition coefficient (Wildman–Crippen LogP) is 2.92. The van der Waals surface area contributed by atoms with Crippen LogP contribution in [-0.2, 0) is 31.0 Å². The average molecular weight is 328 g/mol. The van der Waals surface area contributed by atoms with Gasteiger partial charge in [0, 0.05) is 30.8 Å². The van der Waals surface area contributed by atoms with Crippen LogP contribution in [0.25, 0.3) is 0 Å². The molecule has 2 amide bonds. The van der Waals surface area contributed by atoms with Gasteiger partial charge in [-0.2, -0.15) is 0 Å². The van der Waals surface area contributed by atoms with Gasteiger partial charge in [-0.3, -0.25) is 0 Å². The zero-order valence-corrected chi connectivity index (χ0v) is 13.0. The molecule has 0 aliphatic carbocycles. The van der Waals surface area contributed by atoms with Crippen LogP contribution < -0.4 is 10.1 Å². The van der Waals surface area contributed by atoms with Crippen LogP contribution in [0.4, 0.5) is 9.18 Å². The molecule has 124 valence electrons. The summed E-state index contributed by atoms with van der Waals surface area (Å²) in [5.41, 5.74) is 3.62. The van der Waals surface area contributed by atoms with Gasteiger partial charge in [0.15, 0.2) is 6.79 Å². The van der Waals surface area contributed by atoms with E-state index in [4.69, 9.17) is 9.47 Å². The number of urea groups is 1. The standard InChI is InChI=1S/C18H17FN2O3/c19-16-5-14(17-15(6-16)10-23-11-24-17)7-20-18(22)21-8-12-3-1-2-4-13(12)9-21/h1-6H,7-11H2,(H,20,22). The second kappa shape index (κ2) is 6.13. The lowest BCUT2D eigenvalue weighted by Crippen LogP contribution is -2.36. The number of benzene rings is 2. The van der Waals surface area contributed by atoms with Gasteiger partial charge in [0.2, 0.25) is 0 Å². The molecule has 2 aliphatic rings. The lowest BCUT2D eigenvalue weighted by molar-refractivity contribution is -0.0173. The van der Waals surface area contributed by atoms with Crippen LogP contribution in [0.2, 0.25) is 0 Å². The summed E-state index contributed by atoms with van der Waals surface area (Å²) in [6.45, 7) is 1.85. The number of hydrogen-bond donors (Lipinski definition) is 1. The fourth-order valence-electron chi connectivity index (χ4n) is 3.15. The molecule has 2 aromatic rings. The van der Waals surface area contributed by atoms with Gasteiger partial charge in [0.05, 0.1) is 6.61 Å². The summed E-state index contributed by atoms with van der Waals surface area (Å²) in [6.07, 6.45) is 0. The normalized spacial score (nSPS) is 15.5. The summed E-state index contributed by atoms with van der Waals surface area (Å²) in [5.74, 6) is 0.244. The highest BCUT2D eigenvalue weighted by Gasteiger charge is 2.23. The molecule has 0 bridgehead atoms. The van der Waals surface area contributed by atoms with Gasteiger partial charge in [-0.25, -0.2) is 9.18 Å². The number of halogens is 1. The Labute approximate surface area is 139 Å². The molecule has 0 unspecified atom stereocenters. The molecule has 6 heteroatoms. The van der Waals surface area contributed by atoms with Crippen molar-refractivity contribution in [1.29, 1.82) is 0 Å². The Morgan fingerprint density at radius 2 is 1.92 bits per heavy atom. The van der Waals surface area contributed by atoms with Crippen LogP contribution in [0, 0.1) is 5.82 Å². The maximum atomic E-state index is 13.7. The molecule has 2 aromatic carbocycles. The van der Waals surface area contributed by atoms with E-state index in [9.17, 15) is 9.18 Å². The summed E-state index contributed by atoms with van der Waals surface area (Å²) in [7, 11) is 0. The number of nitrogens with one attached hydrogen (secondary N) is 1. The van der Waals surface area contributed by atoms with E-state index in [0.29, 0.717) is 36.6 Å². The number of carbonyl (C=O) groups is 1. The maximum Gasteiger partial charge on any atom is 0.318 e. The van der Waals surface area contributed by atoms with Gasteiger partial charge in [-0.05, 0) is 23.3 Å². The third kappa shape index (κ3) is 2.80. The lowest BCUT2D eigenvalue weighted by atomic mass is 10.1. The second-order valence-corrected chi connectivity index (χ2v) is 5.95. The molecular weight excluding hydrogens is 311 g/mol. The Balaban J connectivity index is 1.44. The molecule has 5 nitrogen and oxygen atoms in total. The quantitative estimate of drug-likeness (QED) is 0.922. The van der Waals surface area contributed by atoms with E-state index in [-0.39, 0.29) is 25.2 Å². The summed E-state index contributed by atoms with van der Waals surface area (Å²) in [5, 5.41) is 2.85. The van der Waals surface area contributed by atoms with Gasteiger partial charge in [0.1, 0.15) is 11.6 Å². The first kappa shape index (κ1) is 15.0. The fourth-order valence-corrected chi connectivity index (χ4v) is 3.15. The summed E-state index contributed by atoms with van der Waals surface area (Å²) < 4.78 is 24.4. The van der Waals surface area contributed by atoms with Gasteiger partial charge in [0.25, 0.3) is 0 Å². The topological polar surface area (TPSA) is 50.8 Å². The van der Waals surface area contributed by atoms with E-state index < -0.39 is 0 Å². The highest BCUT2D eigenvalue weighted by atomic mass is 19.1. The molecular formula is C18H17FN2O3. The first-order valence-electron chi connectivity index (χ1n) is 7.82. The number of fused-ring (bicyclic) bond motifs is 2. The Hall–Kier alpha value is -2.60. The van der Waals surface area contributed by atoms with Crippen LogP contribution in [0.3, 0.4) is 0 Å². The van der Waals surface area contributed by atoms with E-state index in [1.807, 2.05) is 24.3 Å². The zero-order valence-electron chi connectivity index (χ0n) is 13.0. The Kier molecular flexibility index (Phi) is 3.82. The molecule has 0 aromatic heterocycles. The van der Waals surface area contributed by atoms with Crippen molar-refractivity contribution in [3.63, 3.8) is 0 Å². The van der Waals surface area contributed by atoms with Crippen molar-refractivity contribution >= 4 is 6.03 Å². The SMILES string of the molecule is O=C(NCc1cc(F)cc2c1OCOC2)N1Cc2ccccc2C1. The van der Waals surface area contributed by atoms with Crippen molar-refractivity contribution < 1.29 is 18.7 Å². The van der Waals surface area contributed by atoms with Crippen LogP contribution >= 0.6 is 0 Å². The number of nitrogens with zero attached hydrogens (tertiary/aromatic N) is 1. The smallest absolute Gasteiger partial charge is 0.318 e. The third-order valence-corrected chi connectivity index (χ3v) is 4.31. The number of rotatable bonds is 2. The monoisotopic (exact) mass is 328 g/mol. The van der Waals surface area contributed by atoms with Crippen molar-refractivity contribution in [2.45, 2.75) is 26.2 Å². The number of hydrogen-bond acceptors (Lipinski definition) is 3. The molecule has 24 heavy (non-hydrogen) atoms. The molecule has 0 radical (unpaired) electrons. The summed E-state index contributed by atoms with van der Waals surface area (Å²) in [6, 6.07) is 10.6. The minimum absolute atomic E-state index is 0.140. The summed E-state index contributed by atoms with van der Waals surface area (Å²) >= 11 is 0. The molecule has 0 fully saturated rings. The van der Waals surface area contributed by atoms with Crippen molar-refractivity contribution in [3.05, 3.63) is 64.5 Å². The van der Waals surface area contributed by atoms with E-state index in [1.165, 1.54) is 12.1 Å². The zero-order chi connectivity index (χ0) is 16.5. The number of ether oxygens (including phenoxy) is 2. The van der Waals surface area contributed by atoms with Gasteiger partial charge < -0.3 is 19.7 Å². The van der Waals surface area contributed by atoms with Crippen LogP contribution in [0.1, 0.15) is 22.3 Å². The summed E-state index contributed by atoms with van der Waals surface area (Å²) in [4.78, 5) is 14.1. The molecule has 1 N–H and O–H groups in total. The largest absolute Gasteiger partial charge is 0.467 e. The van der Waals surface area contributed by atoms with Crippen LogP contribution in [-0.4, -0.2) is 17.7 Å². The third-order valence-electron chi connectivity index (χ3n) is 4.31. The first-order chi connectivity index (χ1) is 11.7. The number of amides is 2.